The number of para-hydroxylation sites is 1. The molecule has 0 saturated carbocycles. The Morgan fingerprint density at radius 1 is 1.25 bits per heavy atom. The molecule has 0 atom stereocenters. The van der Waals surface area contributed by atoms with Gasteiger partial charge in [-0.05, 0) is 12.1 Å². The molecule has 0 bridgehead atoms. The molecule has 4 heteroatoms. The Kier molecular flexibility index (Phi) is 2.92. The van der Waals surface area contributed by atoms with Crippen LogP contribution < -0.4 is 4.31 Å². The lowest BCUT2D eigenvalue weighted by atomic mass is 10.3. The molecular weight excluding hydrogens is 180 g/mol. The molecule has 0 aliphatic carbocycles. The van der Waals surface area contributed by atoms with Gasteiger partial charge in [0, 0.05) is 13.3 Å². The van der Waals surface area contributed by atoms with E-state index in [1.807, 2.05) is 0 Å². The van der Waals surface area contributed by atoms with Crippen LogP contribution in [0.25, 0.3) is 0 Å². The molecule has 66 valence electrons. The molecule has 0 spiro atoms. The highest BCUT2D eigenvalue weighted by Gasteiger charge is 2.11. The summed E-state index contributed by atoms with van der Waals surface area (Å²) in [4.78, 5) is 0. The van der Waals surface area contributed by atoms with Gasteiger partial charge in [0.2, 0.25) is 0 Å². The van der Waals surface area contributed by atoms with Crippen molar-refractivity contribution in [2.45, 2.75) is 0 Å². The highest BCUT2D eigenvalue weighted by molar-refractivity contribution is 7.99. The number of benzene rings is 1. The average molecular weight is 189 g/mol. The van der Waals surface area contributed by atoms with Crippen LogP contribution in [0.3, 0.4) is 0 Å². The van der Waals surface area contributed by atoms with Crippen molar-refractivity contribution < 1.29 is 8.78 Å². The molecule has 1 aromatic rings. The minimum atomic E-state index is -0.535. The van der Waals surface area contributed by atoms with Gasteiger partial charge in [0.15, 0.2) is 0 Å². The number of anilines is 1. The second-order valence-electron chi connectivity index (χ2n) is 2.25. The van der Waals surface area contributed by atoms with E-state index in [1.54, 1.807) is 13.3 Å². The lowest BCUT2D eigenvalue weighted by molar-refractivity contribution is 0.586. The van der Waals surface area contributed by atoms with Crippen molar-refractivity contribution in [3.8, 4) is 0 Å². The molecule has 0 unspecified atom stereocenters. The lowest BCUT2D eigenvalue weighted by Gasteiger charge is -2.16. The molecule has 0 amide bonds. The van der Waals surface area contributed by atoms with Gasteiger partial charge < -0.3 is 4.31 Å². The summed E-state index contributed by atoms with van der Waals surface area (Å²) >= 11 is 1.26. The van der Waals surface area contributed by atoms with Gasteiger partial charge in [0.1, 0.15) is 17.3 Å². The van der Waals surface area contributed by atoms with Gasteiger partial charge in [0.25, 0.3) is 0 Å². The van der Waals surface area contributed by atoms with Crippen LogP contribution in [-0.2, 0) is 0 Å². The van der Waals surface area contributed by atoms with Gasteiger partial charge in [-0.2, -0.15) is 0 Å². The molecule has 0 aliphatic rings. The summed E-state index contributed by atoms with van der Waals surface area (Å²) in [6.45, 7) is 0. The second-order valence-corrected chi connectivity index (χ2v) is 3.16. The molecule has 0 heterocycles. The first-order valence-electron chi connectivity index (χ1n) is 3.38. The van der Waals surface area contributed by atoms with Crippen LogP contribution in [0, 0.1) is 11.6 Å². The first kappa shape index (κ1) is 9.32. The van der Waals surface area contributed by atoms with Crippen molar-refractivity contribution in [3.63, 3.8) is 0 Å². The standard InChI is InChI=1S/C8H9F2NS/c1-11(12-2)8-6(9)4-3-5-7(8)10/h3-5H,1-2H3. The Morgan fingerprint density at radius 3 is 2.17 bits per heavy atom. The molecule has 0 aromatic heterocycles. The van der Waals surface area contributed by atoms with E-state index >= 15 is 0 Å². The van der Waals surface area contributed by atoms with Crippen molar-refractivity contribution in [1.82, 2.24) is 0 Å². The monoisotopic (exact) mass is 189 g/mol. The Labute approximate surface area is 74.5 Å². The zero-order valence-corrected chi connectivity index (χ0v) is 7.66. The minimum absolute atomic E-state index is 0.00463. The van der Waals surface area contributed by atoms with E-state index in [9.17, 15) is 8.78 Å². The van der Waals surface area contributed by atoms with E-state index in [0.29, 0.717) is 0 Å². The molecule has 0 N–H and O–H groups in total. The van der Waals surface area contributed by atoms with Gasteiger partial charge in [-0.25, -0.2) is 8.78 Å². The van der Waals surface area contributed by atoms with Crippen LogP contribution in [0.1, 0.15) is 0 Å². The second kappa shape index (κ2) is 3.76. The zero-order valence-electron chi connectivity index (χ0n) is 6.84. The largest absolute Gasteiger partial charge is 0.314 e. The summed E-state index contributed by atoms with van der Waals surface area (Å²) in [6, 6.07) is 3.83. The summed E-state index contributed by atoms with van der Waals surface area (Å²) in [5.41, 5.74) is 0.00463. The Balaban J connectivity index is 3.12. The maximum absolute atomic E-state index is 13.0. The van der Waals surface area contributed by atoms with Crippen LogP contribution in [0.4, 0.5) is 14.5 Å². The van der Waals surface area contributed by atoms with Crippen LogP contribution in [-0.4, -0.2) is 13.3 Å². The van der Waals surface area contributed by atoms with Crippen LogP contribution in [0.15, 0.2) is 18.2 Å². The van der Waals surface area contributed by atoms with Crippen molar-refractivity contribution in [3.05, 3.63) is 29.8 Å². The quantitative estimate of drug-likeness (QED) is 0.658. The van der Waals surface area contributed by atoms with Gasteiger partial charge in [-0.1, -0.05) is 18.0 Å². The fraction of sp³-hybridized carbons (Fsp3) is 0.250. The van der Waals surface area contributed by atoms with Gasteiger partial charge >= 0.3 is 0 Å². The Hall–Kier alpha value is -0.770. The SMILES string of the molecule is CSN(C)c1c(F)cccc1F. The van der Waals surface area contributed by atoms with E-state index in [4.69, 9.17) is 0 Å². The van der Waals surface area contributed by atoms with Crippen molar-refractivity contribution in [2.24, 2.45) is 0 Å². The first-order chi connectivity index (χ1) is 5.66. The predicted octanol–water partition coefficient (Wildman–Crippen LogP) is 2.68. The average Bonchev–Trinajstić information content (AvgIpc) is 2.03. The highest BCUT2D eigenvalue weighted by Crippen LogP contribution is 2.25. The Morgan fingerprint density at radius 2 is 1.75 bits per heavy atom. The third-order valence-corrected chi connectivity index (χ3v) is 2.26. The molecule has 0 saturated heterocycles. The molecule has 1 nitrogen and oxygen atoms in total. The maximum Gasteiger partial charge on any atom is 0.150 e. The topological polar surface area (TPSA) is 3.24 Å². The van der Waals surface area contributed by atoms with E-state index in [2.05, 4.69) is 0 Å². The summed E-state index contributed by atoms with van der Waals surface area (Å²) in [5.74, 6) is -1.07. The van der Waals surface area contributed by atoms with Gasteiger partial charge in [0.05, 0.1) is 0 Å². The number of nitrogens with zero attached hydrogens (tertiary/aromatic N) is 1. The summed E-state index contributed by atoms with van der Waals surface area (Å²) in [6.07, 6.45) is 1.76. The molecule has 1 rings (SSSR count). The maximum atomic E-state index is 13.0. The zero-order chi connectivity index (χ0) is 9.14. The summed E-state index contributed by atoms with van der Waals surface area (Å²) < 4.78 is 27.4. The number of halogens is 2. The lowest BCUT2D eigenvalue weighted by Crippen LogP contribution is -2.09. The van der Waals surface area contributed by atoms with Crippen molar-refractivity contribution >= 4 is 17.6 Å². The summed E-state index contributed by atoms with van der Waals surface area (Å²) in [7, 11) is 1.62. The van der Waals surface area contributed by atoms with E-state index in [-0.39, 0.29) is 5.69 Å². The third kappa shape index (κ3) is 1.69. The van der Waals surface area contributed by atoms with E-state index in [0.717, 1.165) is 0 Å². The molecule has 0 aliphatic heterocycles. The number of hydrogen-bond acceptors (Lipinski definition) is 2. The van der Waals surface area contributed by atoms with Crippen LogP contribution >= 0.6 is 11.9 Å². The number of rotatable bonds is 2. The number of hydrogen-bond donors (Lipinski definition) is 0. The summed E-state index contributed by atoms with van der Waals surface area (Å²) in [5, 5.41) is 0. The smallest absolute Gasteiger partial charge is 0.150 e. The van der Waals surface area contributed by atoms with Crippen molar-refractivity contribution in [1.29, 1.82) is 0 Å². The first-order valence-corrected chi connectivity index (χ1v) is 4.57. The molecular formula is C8H9F2NS. The molecule has 12 heavy (non-hydrogen) atoms. The van der Waals surface area contributed by atoms with E-state index in [1.165, 1.54) is 34.5 Å². The minimum Gasteiger partial charge on any atom is -0.314 e. The Bertz CT molecular complexity index is 258. The normalized spacial score (nSPS) is 10.0. The fourth-order valence-electron chi connectivity index (χ4n) is 0.881. The fourth-order valence-corrected chi connectivity index (χ4v) is 1.24. The predicted molar refractivity (Wildman–Crippen MR) is 48.3 cm³/mol. The van der Waals surface area contributed by atoms with Crippen molar-refractivity contribution in [2.75, 3.05) is 17.6 Å². The third-order valence-electron chi connectivity index (χ3n) is 1.53. The molecule has 1 aromatic carbocycles. The highest BCUT2D eigenvalue weighted by atomic mass is 32.2. The molecule has 0 radical (unpaired) electrons. The van der Waals surface area contributed by atoms with Crippen LogP contribution in [0.2, 0.25) is 0 Å². The van der Waals surface area contributed by atoms with Gasteiger partial charge in [-0.3, -0.25) is 0 Å². The molecule has 0 fully saturated rings. The van der Waals surface area contributed by atoms with Crippen LogP contribution in [0.5, 0.6) is 0 Å². The van der Waals surface area contributed by atoms with E-state index < -0.39 is 11.6 Å². The van der Waals surface area contributed by atoms with Gasteiger partial charge in [-0.15, -0.1) is 0 Å².